The second-order valence-corrected chi connectivity index (χ2v) is 5.25. The van der Waals surface area contributed by atoms with Gasteiger partial charge < -0.3 is 10.6 Å². The van der Waals surface area contributed by atoms with Crippen LogP contribution in [0.2, 0.25) is 0 Å². The zero-order valence-corrected chi connectivity index (χ0v) is 12.3. The van der Waals surface area contributed by atoms with Crippen molar-refractivity contribution in [2.24, 2.45) is 5.73 Å². The SMILES string of the molecule is Cc1cc2c(N(C)Cc3cccc(CN)c3)nccn2n1. The van der Waals surface area contributed by atoms with Gasteiger partial charge in [-0.15, -0.1) is 0 Å². The van der Waals surface area contributed by atoms with Crippen molar-refractivity contribution in [2.45, 2.75) is 20.0 Å². The second-order valence-electron chi connectivity index (χ2n) is 5.25. The molecule has 0 aliphatic carbocycles. The fraction of sp³-hybridized carbons (Fsp3) is 0.250. The second kappa shape index (κ2) is 5.54. The minimum absolute atomic E-state index is 0.563. The summed E-state index contributed by atoms with van der Waals surface area (Å²) in [4.78, 5) is 6.63. The average molecular weight is 281 g/mol. The summed E-state index contributed by atoms with van der Waals surface area (Å²) in [6, 6.07) is 10.4. The number of hydrogen-bond donors (Lipinski definition) is 1. The highest BCUT2D eigenvalue weighted by Gasteiger charge is 2.10. The first kappa shape index (κ1) is 13.6. The number of aromatic nitrogens is 3. The van der Waals surface area contributed by atoms with Crippen LogP contribution in [0, 0.1) is 6.92 Å². The van der Waals surface area contributed by atoms with Gasteiger partial charge in [0.1, 0.15) is 5.52 Å². The fourth-order valence-electron chi connectivity index (χ4n) is 2.53. The van der Waals surface area contributed by atoms with Gasteiger partial charge in [-0.1, -0.05) is 24.3 Å². The molecule has 5 nitrogen and oxygen atoms in total. The van der Waals surface area contributed by atoms with E-state index in [1.807, 2.05) is 36.8 Å². The molecule has 3 aromatic rings. The maximum absolute atomic E-state index is 5.70. The average Bonchev–Trinajstić information content (AvgIpc) is 2.87. The van der Waals surface area contributed by atoms with Gasteiger partial charge >= 0.3 is 0 Å². The number of hydrogen-bond acceptors (Lipinski definition) is 4. The highest BCUT2D eigenvalue weighted by molar-refractivity contribution is 5.68. The van der Waals surface area contributed by atoms with Crippen LogP contribution in [0.25, 0.3) is 5.52 Å². The van der Waals surface area contributed by atoms with E-state index in [9.17, 15) is 0 Å². The maximum Gasteiger partial charge on any atom is 0.154 e. The van der Waals surface area contributed by atoms with E-state index in [0.717, 1.165) is 29.1 Å². The van der Waals surface area contributed by atoms with Crippen LogP contribution in [-0.2, 0) is 13.1 Å². The molecule has 0 aliphatic heterocycles. The summed E-state index contributed by atoms with van der Waals surface area (Å²) in [5, 5.41) is 4.42. The molecule has 0 radical (unpaired) electrons. The number of anilines is 1. The highest BCUT2D eigenvalue weighted by Crippen LogP contribution is 2.20. The zero-order chi connectivity index (χ0) is 14.8. The third kappa shape index (κ3) is 2.73. The lowest BCUT2D eigenvalue weighted by Crippen LogP contribution is -2.18. The topological polar surface area (TPSA) is 59.5 Å². The quantitative estimate of drug-likeness (QED) is 0.796. The first-order chi connectivity index (χ1) is 10.2. The number of rotatable bonds is 4. The van der Waals surface area contributed by atoms with Crippen molar-refractivity contribution in [1.29, 1.82) is 0 Å². The van der Waals surface area contributed by atoms with Crippen LogP contribution < -0.4 is 10.6 Å². The largest absolute Gasteiger partial charge is 0.354 e. The standard InChI is InChI=1S/C16H19N5/c1-12-8-15-16(18-6-7-21(15)19-12)20(2)11-14-5-3-4-13(9-14)10-17/h3-9H,10-11,17H2,1-2H3. The molecule has 3 rings (SSSR count). The van der Waals surface area contributed by atoms with Crippen LogP contribution in [0.5, 0.6) is 0 Å². The van der Waals surface area contributed by atoms with Crippen molar-refractivity contribution in [2.75, 3.05) is 11.9 Å². The summed E-state index contributed by atoms with van der Waals surface area (Å²) in [5.74, 6) is 0.927. The molecule has 0 spiro atoms. The van der Waals surface area contributed by atoms with Gasteiger partial charge in [0, 0.05) is 32.5 Å². The monoisotopic (exact) mass is 281 g/mol. The number of fused-ring (bicyclic) bond motifs is 1. The molecular weight excluding hydrogens is 262 g/mol. The van der Waals surface area contributed by atoms with Crippen molar-refractivity contribution >= 4 is 11.3 Å². The number of nitrogens with zero attached hydrogens (tertiary/aromatic N) is 4. The summed E-state index contributed by atoms with van der Waals surface area (Å²) in [7, 11) is 2.04. The molecule has 5 heteroatoms. The van der Waals surface area contributed by atoms with Crippen molar-refractivity contribution in [3.05, 3.63) is 59.5 Å². The Morgan fingerprint density at radius 2 is 2.05 bits per heavy atom. The Kier molecular flexibility index (Phi) is 3.58. The van der Waals surface area contributed by atoms with Crippen molar-refractivity contribution in [3.8, 4) is 0 Å². The fourth-order valence-corrected chi connectivity index (χ4v) is 2.53. The molecular formula is C16H19N5. The molecule has 108 valence electrons. The molecule has 0 unspecified atom stereocenters. The summed E-state index contributed by atoms with van der Waals surface area (Å²) in [6.45, 7) is 3.33. The normalized spacial score (nSPS) is 11.0. The molecule has 2 heterocycles. The molecule has 21 heavy (non-hydrogen) atoms. The van der Waals surface area contributed by atoms with Gasteiger partial charge in [-0.05, 0) is 24.1 Å². The highest BCUT2D eigenvalue weighted by atomic mass is 15.3. The third-order valence-electron chi connectivity index (χ3n) is 3.50. The van der Waals surface area contributed by atoms with Crippen LogP contribution in [0.15, 0.2) is 42.7 Å². The Labute approximate surface area is 124 Å². The summed E-state index contributed by atoms with van der Waals surface area (Å²) in [6.07, 6.45) is 3.65. The first-order valence-electron chi connectivity index (χ1n) is 6.97. The molecule has 0 bridgehead atoms. The lowest BCUT2D eigenvalue weighted by atomic mass is 10.1. The number of aryl methyl sites for hydroxylation is 1. The van der Waals surface area contributed by atoms with Gasteiger partial charge in [-0.2, -0.15) is 5.10 Å². The van der Waals surface area contributed by atoms with Gasteiger partial charge in [-0.25, -0.2) is 9.50 Å². The molecule has 2 N–H and O–H groups in total. The summed E-state index contributed by atoms with van der Waals surface area (Å²) >= 11 is 0. The molecule has 0 amide bonds. The minimum atomic E-state index is 0.563. The third-order valence-corrected chi connectivity index (χ3v) is 3.50. The number of nitrogens with two attached hydrogens (primary N) is 1. The van der Waals surface area contributed by atoms with E-state index in [-0.39, 0.29) is 0 Å². The van der Waals surface area contributed by atoms with Crippen LogP contribution in [0.1, 0.15) is 16.8 Å². The Hall–Kier alpha value is -2.40. The zero-order valence-electron chi connectivity index (χ0n) is 12.3. The van der Waals surface area contributed by atoms with E-state index >= 15 is 0 Å². The Morgan fingerprint density at radius 1 is 1.24 bits per heavy atom. The van der Waals surface area contributed by atoms with Gasteiger partial charge in [-0.3, -0.25) is 0 Å². The molecule has 0 fully saturated rings. The predicted octanol–water partition coefficient (Wildman–Crippen LogP) is 2.13. The van der Waals surface area contributed by atoms with Gasteiger partial charge in [0.2, 0.25) is 0 Å². The van der Waals surface area contributed by atoms with E-state index in [4.69, 9.17) is 5.73 Å². The summed E-state index contributed by atoms with van der Waals surface area (Å²) in [5.41, 5.74) is 10.1. The molecule has 0 atom stereocenters. The van der Waals surface area contributed by atoms with Gasteiger partial charge in [0.25, 0.3) is 0 Å². The molecule has 0 aliphatic rings. The Balaban J connectivity index is 1.91. The van der Waals surface area contributed by atoms with Crippen molar-refractivity contribution in [3.63, 3.8) is 0 Å². The van der Waals surface area contributed by atoms with Crippen LogP contribution in [0.4, 0.5) is 5.82 Å². The van der Waals surface area contributed by atoms with E-state index in [2.05, 4.69) is 33.2 Å². The van der Waals surface area contributed by atoms with Gasteiger partial charge in [0.05, 0.1) is 5.69 Å². The van der Waals surface area contributed by atoms with Crippen molar-refractivity contribution in [1.82, 2.24) is 14.6 Å². The van der Waals surface area contributed by atoms with Crippen LogP contribution >= 0.6 is 0 Å². The Morgan fingerprint density at radius 3 is 2.86 bits per heavy atom. The Bertz CT molecular complexity index is 762. The van der Waals surface area contributed by atoms with Crippen LogP contribution in [-0.4, -0.2) is 21.6 Å². The lowest BCUT2D eigenvalue weighted by molar-refractivity contribution is 0.869. The molecule has 2 aromatic heterocycles. The summed E-state index contributed by atoms with van der Waals surface area (Å²) < 4.78 is 1.87. The minimum Gasteiger partial charge on any atom is -0.354 e. The maximum atomic E-state index is 5.70. The van der Waals surface area contributed by atoms with E-state index in [1.165, 1.54) is 5.56 Å². The predicted molar refractivity (Wildman–Crippen MR) is 84.2 cm³/mol. The smallest absolute Gasteiger partial charge is 0.154 e. The van der Waals surface area contributed by atoms with E-state index < -0.39 is 0 Å². The molecule has 0 saturated carbocycles. The lowest BCUT2D eigenvalue weighted by Gasteiger charge is -2.19. The molecule has 1 aromatic carbocycles. The van der Waals surface area contributed by atoms with Gasteiger partial charge in [0.15, 0.2) is 5.82 Å². The van der Waals surface area contributed by atoms with E-state index in [0.29, 0.717) is 6.54 Å². The number of benzene rings is 1. The first-order valence-corrected chi connectivity index (χ1v) is 6.97. The van der Waals surface area contributed by atoms with Crippen molar-refractivity contribution < 1.29 is 0 Å². The molecule has 0 saturated heterocycles. The van der Waals surface area contributed by atoms with E-state index in [1.54, 1.807) is 6.20 Å². The van der Waals surface area contributed by atoms with Crippen LogP contribution in [0.3, 0.4) is 0 Å².